The molecule has 0 bridgehead atoms. The van der Waals surface area contributed by atoms with Crippen LogP contribution < -0.4 is 0 Å². The number of allylic oxidation sites excluding steroid dienone is 1. The van der Waals surface area contributed by atoms with Gasteiger partial charge in [0.15, 0.2) is 5.60 Å². The monoisotopic (exact) mass is 469 g/mol. The van der Waals surface area contributed by atoms with E-state index in [2.05, 4.69) is 24.6 Å². The van der Waals surface area contributed by atoms with Crippen molar-refractivity contribution >= 4 is 45.4 Å². The van der Waals surface area contributed by atoms with Gasteiger partial charge >= 0.3 is 5.97 Å². The Morgan fingerprint density at radius 2 is 1.97 bits per heavy atom. The predicted molar refractivity (Wildman–Crippen MR) is 124 cm³/mol. The molecule has 0 amide bonds. The van der Waals surface area contributed by atoms with E-state index in [-0.39, 0.29) is 17.2 Å². The molecule has 0 spiro atoms. The molecule has 0 aliphatic carbocycles. The summed E-state index contributed by atoms with van der Waals surface area (Å²) in [5, 5.41) is 9.69. The van der Waals surface area contributed by atoms with Gasteiger partial charge in [-0.05, 0) is 38.4 Å². The number of hydrogen-bond acceptors (Lipinski definition) is 7. The third-order valence-corrected chi connectivity index (χ3v) is 10.0. The fourth-order valence-electron chi connectivity index (χ4n) is 2.56. The molecule has 9 heteroatoms. The molecule has 1 aromatic carbocycles. The van der Waals surface area contributed by atoms with Gasteiger partial charge in [-0.25, -0.2) is 18.2 Å². The summed E-state index contributed by atoms with van der Waals surface area (Å²) in [5.74, 6) is -0.652. The molecule has 0 saturated heterocycles. The highest BCUT2D eigenvalue weighted by molar-refractivity contribution is 7.94. The van der Waals surface area contributed by atoms with E-state index in [4.69, 9.17) is 4.74 Å². The number of carbonyl (C=O) groups excluding carboxylic acids is 1. The molecule has 0 fully saturated rings. The van der Waals surface area contributed by atoms with E-state index in [0.29, 0.717) is 12.1 Å². The van der Waals surface area contributed by atoms with Crippen molar-refractivity contribution in [1.82, 2.24) is 4.98 Å². The summed E-state index contributed by atoms with van der Waals surface area (Å²) in [6.45, 7) is 9.91. The van der Waals surface area contributed by atoms with Gasteiger partial charge in [-0.15, -0.1) is 11.3 Å². The second-order valence-corrected chi connectivity index (χ2v) is 18.1. The number of sulfone groups is 1. The Morgan fingerprint density at radius 3 is 2.60 bits per heavy atom. The van der Waals surface area contributed by atoms with Crippen molar-refractivity contribution in [2.24, 2.45) is 0 Å². The second-order valence-electron chi connectivity index (χ2n) is 8.93. The van der Waals surface area contributed by atoms with Crippen LogP contribution in [0.25, 0.3) is 10.2 Å². The molecule has 0 saturated carbocycles. The van der Waals surface area contributed by atoms with Crippen molar-refractivity contribution < 1.29 is 23.1 Å². The Morgan fingerprint density at radius 1 is 1.30 bits per heavy atom. The van der Waals surface area contributed by atoms with Crippen molar-refractivity contribution in [3.8, 4) is 0 Å². The molecule has 1 aromatic heterocycles. The average Bonchev–Trinajstić information content (AvgIpc) is 3.09. The summed E-state index contributed by atoms with van der Waals surface area (Å²) in [4.78, 5) is 16.4. The molecule has 166 valence electrons. The van der Waals surface area contributed by atoms with E-state index >= 15 is 0 Å². The number of rotatable bonds is 10. The van der Waals surface area contributed by atoms with E-state index in [1.54, 1.807) is 25.1 Å². The van der Waals surface area contributed by atoms with Crippen LogP contribution in [0.15, 0.2) is 40.8 Å². The van der Waals surface area contributed by atoms with Gasteiger partial charge in [0, 0.05) is 14.5 Å². The smallest absolute Gasteiger partial charge is 0.338 e. The van der Waals surface area contributed by atoms with Crippen molar-refractivity contribution in [3.05, 3.63) is 36.4 Å². The number of ether oxygens (including phenoxy) is 1. The zero-order chi connectivity index (χ0) is 22.6. The van der Waals surface area contributed by atoms with Crippen molar-refractivity contribution in [1.29, 1.82) is 0 Å². The van der Waals surface area contributed by atoms with Crippen LogP contribution in [-0.4, -0.2) is 50.0 Å². The van der Waals surface area contributed by atoms with Gasteiger partial charge in [-0.3, -0.25) is 0 Å². The average molecular weight is 470 g/mol. The maximum atomic E-state index is 12.8. The number of aliphatic hydroxyl groups is 1. The lowest BCUT2D eigenvalue weighted by atomic mass is 10.0. The van der Waals surface area contributed by atoms with Crippen LogP contribution in [0, 0.1) is 0 Å². The van der Waals surface area contributed by atoms with Crippen LogP contribution in [-0.2, 0) is 19.4 Å². The number of carbonyl (C=O) groups is 1. The topological polar surface area (TPSA) is 93.6 Å². The molecule has 0 radical (unpaired) electrons. The molecule has 1 N–H and O–H groups in total. The fourth-order valence-corrected chi connectivity index (χ4v) is 6.13. The first kappa shape index (κ1) is 24.7. The van der Waals surface area contributed by atoms with Gasteiger partial charge in [0.25, 0.3) is 0 Å². The molecule has 2 aromatic rings. The number of para-hydroxylation sites is 1. The molecular formula is C21H31NO5S2Si. The molecule has 1 heterocycles. The molecule has 0 aliphatic heterocycles. The quantitative estimate of drug-likeness (QED) is 0.314. The normalized spacial score (nSPS) is 15.9. The second kappa shape index (κ2) is 9.72. The summed E-state index contributed by atoms with van der Waals surface area (Å²) in [7, 11) is -4.87. The predicted octanol–water partition coefficient (Wildman–Crippen LogP) is 4.43. The van der Waals surface area contributed by atoms with E-state index in [1.807, 2.05) is 18.2 Å². The number of hydrogen-bond donors (Lipinski definition) is 1. The Kier molecular flexibility index (Phi) is 8.01. The van der Waals surface area contributed by atoms with Crippen molar-refractivity contribution in [2.75, 3.05) is 6.61 Å². The first-order valence-corrected chi connectivity index (χ1v) is 16.0. The number of esters is 1. The summed E-state index contributed by atoms with van der Waals surface area (Å²) in [5.41, 5.74) is -0.960. The lowest BCUT2D eigenvalue weighted by Gasteiger charge is -2.21. The first-order valence-electron chi connectivity index (χ1n) is 9.97. The van der Waals surface area contributed by atoms with Gasteiger partial charge in [0.2, 0.25) is 14.2 Å². The number of aromatic nitrogens is 1. The zero-order valence-corrected chi connectivity index (χ0v) is 20.8. The molecular weight excluding hydrogens is 438 g/mol. The zero-order valence-electron chi connectivity index (χ0n) is 18.2. The summed E-state index contributed by atoms with van der Waals surface area (Å²) in [6.07, 6.45) is 3.63. The minimum atomic E-state index is -3.55. The van der Waals surface area contributed by atoms with Crippen LogP contribution in [0.4, 0.5) is 0 Å². The van der Waals surface area contributed by atoms with Crippen LogP contribution in [0.3, 0.4) is 0 Å². The van der Waals surface area contributed by atoms with Crippen molar-refractivity contribution in [2.45, 2.75) is 67.6 Å². The number of nitrogens with zero attached hydrogens (tertiary/aromatic N) is 1. The molecule has 2 atom stereocenters. The van der Waals surface area contributed by atoms with Crippen LogP contribution in [0.5, 0.6) is 0 Å². The molecule has 1 unspecified atom stereocenters. The highest BCUT2D eigenvalue weighted by atomic mass is 32.2. The Balaban J connectivity index is 1.91. The summed E-state index contributed by atoms with van der Waals surface area (Å²) >= 11 is 1.17. The Labute approximate surface area is 183 Å². The van der Waals surface area contributed by atoms with Gasteiger partial charge in [0.1, 0.15) is 0 Å². The number of fused-ring (bicyclic) bond motifs is 1. The molecule has 0 aliphatic rings. The third kappa shape index (κ3) is 6.73. The SMILES string of the molecule is CC(C/C=C\C[C@](C)(O)C(=O)OCC[Si](C)(C)C)S(=O)(=O)c1nc2ccccc2s1. The maximum Gasteiger partial charge on any atom is 0.338 e. The van der Waals surface area contributed by atoms with E-state index in [9.17, 15) is 18.3 Å². The minimum absolute atomic E-state index is 0.0622. The van der Waals surface area contributed by atoms with Crippen LogP contribution in [0.2, 0.25) is 25.7 Å². The van der Waals surface area contributed by atoms with Gasteiger partial charge in [-0.2, -0.15) is 0 Å². The number of thiazole rings is 1. The molecule has 6 nitrogen and oxygen atoms in total. The lowest BCUT2D eigenvalue weighted by molar-refractivity contribution is -0.162. The van der Waals surface area contributed by atoms with E-state index in [1.165, 1.54) is 18.3 Å². The highest BCUT2D eigenvalue weighted by Crippen LogP contribution is 2.28. The lowest BCUT2D eigenvalue weighted by Crippen LogP contribution is -2.37. The van der Waals surface area contributed by atoms with E-state index < -0.39 is 34.7 Å². The van der Waals surface area contributed by atoms with Crippen molar-refractivity contribution in [3.63, 3.8) is 0 Å². The van der Waals surface area contributed by atoms with Gasteiger partial charge in [-0.1, -0.05) is 43.9 Å². The highest BCUT2D eigenvalue weighted by Gasteiger charge is 2.31. The largest absolute Gasteiger partial charge is 0.464 e. The standard InChI is InChI=1S/C21H31NO5S2Si/c1-16(29(25,26)20-22-17-11-6-7-12-18(17)28-20)10-8-9-13-21(2,24)19(23)27-14-15-30(3,4)5/h6-9,11-12,16,24H,10,13-15H2,1-5H3/b9-8-/t16?,21-/m0/s1. The Hall–Kier alpha value is -1.55. The minimum Gasteiger partial charge on any atom is -0.464 e. The molecule has 30 heavy (non-hydrogen) atoms. The maximum absolute atomic E-state index is 12.8. The fraction of sp³-hybridized carbons (Fsp3) is 0.524. The van der Waals surface area contributed by atoms with Crippen LogP contribution in [0.1, 0.15) is 26.7 Å². The summed E-state index contributed by atoms with van der Waals surface area (Å²) < 4.78 is 31.7. The third-order valence-electron chi connectivity index (χ3n) is 4.72. The first-order chi connectivity index (χ1) is 13.8. The Bertz CT molecular complexity index is 973. The summed E-state index contributed by atoms with van der Waals surface area (Å²) in [6, 6.07) is 8.16. The van der Waals surface area contributed by atoms with Crippen LogP contribution >= 0.6 is 11.3 Å². The molecule has 2 rings (SSSR count). The van der Waals surface area contributed by atoms with Gasteiger partial charge in [0.05, 0.1) is 22.1 Å². The number of benzene rings is 1. The van der Waals surface area contributed by atoms with E-state index in [0.717, 1.165) is 10.7 Å². The van der Waals surface area contributed by atoms with Gasteiger partial charge < -0.3 is 9.84 Å².